The number of hydrogen-bond acceptors (Lipinski definition) is 5. The second kappa shape index (κ2) is 12.1. The van der Waals surface area contributed by atoms with Crippen LogP contribution in [-0.4, -0.2) is 47.7 Å². The predicted molar refractivity (Wildman–Crippen MR) is 140 cm³/mol. The minimum absolute atomic E-state index is 0.0375. The highest BCUT2D eigenvalue weighted by Gasteiger charge is 2.31. The first kappa shape index (κ1) is 26.4. The van der Waals surface area contributed by atoms with E-state index in [-0.39, 0.29) is 31.8 Å². The molecule has 1 aliphatic carbocycles. The van der Waals surface area contributed by atoms with Crippen LogP contribution in [0.1, 0.15) is 35.4 Å². The zero-order valence-electron chi connectivity index (χ0n) is 20.6. The minimum Gasteiger partial charge on any atom is -0.480 e. The predicted octanol–water partition coefficient (Wildman–Crippen LogP) is 2.97. The Hall–Kier alpha value is -4.66. The van der Waals surface area contributed by atoms with E-state index in [1.807, 2.05) is 48.5 Å². The van der Waals surface area contributed by atoms with Gasteiger partial charge < -0.3 is 26.2 Å². The Morgan fingerprint density at radius 1 is 0.816 bits per heavy atom. The summed E-state index contributed by atoms with van der Waals surface area (Å²) in [6.07, 6.45) is -1.09. The number of carboxylic acid groups (broad SMARTS) is 1. The number of alkyl carbamates (subject to hydrolysis) is 1. The van der Waals surface area contributed by atoms with Gasteiger partial charge in [-0.1, -0.05) is 78.9 Å². The molecular formula is C29H29N3O6. The standard InChI is InChI=1S/C29H29N3O6/c30-26(33)15-14-24(27(34)31-25(28(35)36)16-18-8-2-1-3-9-18)32-29(37)38-17-23-21-12-6-4-10-19(21)20-11-5-7-13-22(20)23/h1-13,23-25H,14-17H2,(H2,30,33)(H,31,34)(H,32,37)(H,35,36)/t24-,25-/m0/s1. The van der Waals surface area contributed by atoms with Crippen LogP contribution in [0.15, 0.2) is 78.9 Å². The summed E-state index contributed by atoms with van der Waals surface area (Å²) in [6.45, 7) is 0.0375. The van der Waals surface area contributed by atoms with Crippen molar-refractivity contribution in [2.24, 2.45) is 5.73 Å². The molecule has 3 aromatic rings. The lowest BCUT2D eigenvalue weighted by Gasteiger charge is -2.22. The Labute approximate surface area is 220 Å². The van der Waals surface area contributed by atoms with Crippen LogP contribution in [0.25, 0.3) is 11.1 Å². The summed E-state index contributed by atoms with van der Waals surface area (Å²) in [5.74, 6) is -2.80. The summed E-state index contributed by atoms with van der Waals surface area (Å²) in [5.41, 5.74) is 10.2. The maximum atomic E-state index is 13.0. The lowest BCUT2D eigenvalue weighted by atomic mass is 9.98. The monoisotopic (exact) mass is 515 g/mol. The summed E-state index contributed by atoms with van der Waals surface area (Å²) in [6, 6.07) is 22.2. The summed E-state index contributed by atoms with van der Waals surface area (Å²) in [7, 11) is 0. The number of carbonyl (C=O) groups is 4. The quantitative estimate of drug-likeness (QED) is 0.309. The van der Waals surface area contributed by atoms with Crippen LogP contribution >= 0.6 is 0 Å². The largest absolute Gasteiger partial charge is 0.480 e. The molecular weight excluding hydrogens is 486 g/mol. The number of aliphatic carboxylic acids is 1. The zero-order valence-corrected chi connectivity index (χ0v) is 20.6. The number of nitrogens with two attached hydrogens (primary N) is 1. The molecule has 38 heavy (non-hydrogen) atoms. The van der Waals surface area contributed by atoms with Gasteiger partial charge in [0.15, 0.2) is 0 Å². The van der Waals surface area contributed by atoms with Crippen molar-refractivity contribution in [1.82, 2.24) is 10.6 Å². The summed E-state index contributed by atoms with van der Waals surface area (Å²) in [5, 5.41) is 14.6. The second-order valence-corrected chi connectivity index (χ2v) is 9.12. The molecule has 0 heterocycles. The van der Waals surface area contributed by atoms with Gasteiger partial charge in [0.1, 0.15) is 18.7 Å². The molecule has 0 spiro atoms. The number of carboxylic acids is 1. The first-order valence-corrected chi connectivity index (χ1v) is 12.3. The number of primary amides is 1. The number of amides is 3. The van der Waals surface area contributed by atoms with E-state index >= 15 is 0 Å². The van der Waals surface area contributed by atoms with E-state index in [0.717, 1.165) is 27.8 Å². The van der Waals surface area contributed by atoms with Crippen molar-refractivity contribution in [3.63, 3.8) is 0 Å². The highest BCUT2D eigenvalue weighted by atomic mass is 16.5. The van der Waals surface area contributed by atoms with E-state index < -0.39 is 36.0 Å². The molecule has 3 aromatic carbocycles. The van der Waals surface area contributed by atoms with Gasteiger partial charge >= 0.3 is 12.1 Å². The third-order valence-electron chi connectivity index (χ3n) is 6.53. The van der Waals surface area contributed by atoms with Crippen molar-refractivity contribution in [2.45, 2.75) is 37.3 Å². The van der Waals surface area contributed by atoms with Crippen LogP contribution < -0.4 is 16.4 Å². The van der Waals surface area contributed by atoms with Crippen LogP contribution in [0.4, 0.5) is 4.79 Å². The van der Waals surface area contributed by atoms with Crippen molar-refractivity contribution in [3.05, 3.63) is 95.6 Å². The van der Waals surface area contributed by atoms with Crippen molar-refractivity contribution in [3.8, 4) is 11.1 Å². The Morgan fingerprint density at radius 2 is 1.39 bits per heavy atom. The Bertz CT molecular complexity index is 1280. The topological polar surface area (TPSA) is 148 Å². The average molecular weight is 516 g/mol. The highest BCUT2D eigenvalue weighted by Crippen LogP contribution is 2.44. The third-order valence-corrected chi connectivity index (χ3v) is 6.53. The smallest absolute Gasteiger partial charge is 0.407 e. The van der Waals surface area contributed by atoms with E-state index in [1.54, 1.807) is 30.3 Å². The zero-order chi connectivity index (χ0) is 27.1. The molecule has 4 rings (SSSR count). The van der Waals surface area contributed by atoms with Gasteiger partial charge in [0.2, 0.25) is 11.8 Å². The maximum absolute atomic E-state index is 13.0. The molecule has 5 N–H and O–H groups in total. The fraction of sp³-hybridized carbons (Fsp3) is 0.241. The molecule has 0 aliphatic heterocycles. The van der Waals surface area contributed by atoms with E-state index in [2.05, 4.69) is 10.6 Å². The second-order valence-electron chi connectivity index (χ2n) is 9.12. The first-order valence-electron chi connectivity index (χ1n) is 12.3. The molecule has 1 aliphatic rings. The van der Waals surface area contributed by atoms with Gasteiger partial charge in [0.05, 0.1) is 0 Å². The Kier molecular flexibility index (Phi) is 8.37. The Balaban J connectivity index is 1.42. The molecule has 0 bridgehead atoms. The van der Waals surface area contributed by atoms with Crippen LogP contribution in [0.5, 0.6) is 0 Å². The van der Waals surface area contributed by atoms with Gasteiger partial charge in [-0.25, -0.2) is 9.59 Å². The van der Waals surface area contributed by atoms with Gasteiger partial charge in [0, 0.05) is 18.8 Å². The molecule has 0 fully saturated rings. The lowest BCUT2D eigenvalue weighted by molar-refractivity contribution is -0.142. The molecule has 0 radical (unpaired) electrons. The Morgan fingerprint density at radius 3 is 1.97 bits per heavy atom. The minimum atomic E-state index is -1.23. The molecule has 196 valence electrons. The van der Waals surface area contributed by atoms with Gasteiger partial charge in [-0.3, -0.25) is 9.59 Å². The van der Waals surface area contributed by atoms with Gasteiger partial charge in [0.25, 0.3) is 0 Å². The number of carbonyl (C=O) groups excluding carboxylic acids is 3. The van der Waals surface area contributed by atoms with E-state index in [4.69, 9.17) is 10.5 Å². The van der Waals surface area contributed by atoms with Crippen molar-refractivity contribution in [1.29, 1.82) is 0 Å². The molecule has 9 heteroatoms. The molecule has 9 nitrogen and oxygen atoms in total. The molecule has 0 saturated heterocycles. The van der Waals surface area contributed by atoms with Gasteiger partial charge in [-0.2, -0.15) is 0 Å². The molecule has 0 unspecified atom stereocenters. The summed E-state index contributed by atoms with van der Waals surface area (Å²) < 4.78 is 5.51. The van der Waals surface area contributed by atoms with Crippen molar-refractivity contribution >= 4 is 23.9 Å². The normalized spacial score (nSPS) is 13.5. The van der Waals surface area contributed by atoms with E-state index in [9.17, 15) is 24.3 Å². The third kappa shape index (κ3) is 6.36. The number of rotatable bonds is 11. The molecule has 0 saturated carbocycles. The van der Waals surface area contributed by atoms with Crippen LogP contribution in [-0.2, 0) is 25.5 Å². The fourth-order valence-electron chi connectivity index (χ4n) is 4.66. The molecule has 2 atom stereocenters. The number of ether oxygens (including phenoxy) is 1. The van der Waals surface area contributed by atoms with Crippen LogP contribution in [0.3, 0.4) is 0 Å². The van der Waals surface area contributed by atoms with Gasteiger partial charge in [-0.05, 0) is 34.2 Å². The number of nitrogens with one attached hydrogen (secondary N) is 2. The number of benzene rings is 3. The summed E-state index contributed by atoms with van der Waals surface area (Å²) in [4.78, 5) is 48.9. The lowest BCUT2D eigenvalue weighted by Crippen LogP contribution is -2.52. The van der Waals surface area contributed by atoms with Crippen molar-refractivity contribution in [2.75, 3.05) is 6.61 Å². The van der Waals surface area contributed by atoms with E-state index in [0.29, 0.717) is 0 Å². The van der Waals surface area contributed by atoms with E-state index in [1.165, 1.54) is 0 Å². The van der Waals surface area contributed by atoms with Crippen LogP contribution in [0, 0.1) is 0 Å². The van der Waals surface area contributed by atoms with Gasteiger partial charge in [-0.15, -0.1) is 0 Å². The van der Waals surface area contributed by atoms with Crippen LogP contribution in [0.2, 0.25) is 0 Å². The first-order chi connectivity index (χ1) is 18.3. The number of hydrogen-bond donors (Lipinski definition) is 4. The molecule has 3 amide bonds. The highest BCUT2D eigenvalue weighted by molar-refractivity contribution is 5.90. The summed E-state index contributed by atoms with van der Waals surface area (Å²) >= 11 is 0. The average Bonchev–Trinajstić information content (AvgIpc) is 3.23. The SMILES string of the molecule is NC(=O)CC[C@H](NC(=O)OCC1c2ccccc2-c2ccccc21)C(=O)N[C@@H](Cc1ccccc1)C(=O)O. The van der Waals surface area contributed by atoms with Crippen molar-refractivity contribution < 1.29 is 29.0 Å². The fourth-order valence-corrected chi connectivity index (χ4v) is 4.66. The number of fused-ring (bicyclic) bond motifs is 3. The maximum Gasteiger partial charge on any atom is 0.407 e. The molecule has 0 aromatic heterocycles.